The van der Waals surface area contributed by atoms with Crippen molar-refractivity contribution in [3.8, 4) is 0 Å². The van der Waals surface area contributed by atoms with E-state index in [1.54, 1.807) is 0 Å². The highest BCUT2D eigenvalue weighted by Crippen LogP contribution is 2.66. The van der Waals surface area contributed by atoms with Gasteiger partial charge in [-0.3, -0.25) is 4.79 Å². The van der Waals surface area contributed by atoms with Crippen LogP contribution in [0.5, 0.6) is 0 Å². The largest absolute Gasteiger partial charge is 0.480 e. The highest BCUT2D eigenvalue weighted by Gasteiger charge is 2.82. The van der Waals surface area contributed by atoms with Gasteiger partial charge in [-0.2, -0.15) is 0 Å². The molecule has 14 heavy (non-hydrogen) atoms. The molecular formula is C8H10FNO4. The molecule has 2 rings (SSSR count). The summed E-state index contributed by atoms with van der Waals surface area (Å²) in [5.41, 5.74) is 1.39. The molecule has 0 saturated heterocycles. The van der Waals surface area contributed by atoms with E-state index in [0.29, 0.717) is 0 Å². The summed E-state index contributed by atoms with van der Waals surface area (Å²) in [6, 6.07) is 0. The van der Waals surface area contributed by atoms with E-state index >= 15 is 0 Å². The Morgan fingerprint density at radius 2 is 1.93 bits per heavy atom. The Morgan fingerprint density at radius 3 is 2.29 bits per heavy atom. The van der Waals surface area contributed by atoms with Crippen molar-refractivity contribution in [2.24, 2.45) is 17.6 Å². The molecule has 5 nitrogen and oxygen atoms in total. The molecule has 0 aliphatic heterocycles. The van der Waals surface area contributed by atoms with Crippen LogP contribution in [-0.2, 0) is 9.59 Å². The van der Waals surface area contributed by atoms with Crippen LogP contribution in [0.25, 0.3) is 0 Å². The van der Waals surface area contributed by atoms with Crippen molar-refractivity contribution in [2.75, 3.05) is 0 Å². The van der Waals surface area contributed by atoms with Crippen molar-refractivity contribution < 1.29 is 24.2 Å². The first-order chi connectivity index (χ1) is 6.35. The van der Waals surface area contributed by atoms with Crippen molar-refractivity contribution in [1.82, 2.24) is 0 Å². The van der Waals surface area contributed by atoms with Crippen molar-refractivity contribution in [3.05, 3.63) is 0 Å². The van der Waals surface area contributed by atoms with Crippen molar-refractivity contribution >= 4 is 11.9 Å². The van der Waals surface area contributed by atoms with Crippen LogP contribution in [0.4, 0.5) is 4.39 Å². The van der Waals surface area contributed by atoms with Gasteiger partial charge in [0.2, 0.25) is 5.67 Å². The minimum absolute atomic E-state index is 0.149. The highest BCUT2D eigenvalue weighted by atomic mass is 19.1. The average Bonchev–Trinajstić information content (AvgIpc) is 2.50. The summed E-state index contributed by atoms with van der Waals surface area (Å²) in [7, 11) is 0. The van der Waals surface area contributed by atoms with Gasteiger partial charge in [-0.15, -0.1) is 0 Å². The highest BCUT2D eigenvalue weighted by molar-refractivity contribution is 5.89. The first-order valence-electron chi connectivity index (χ1n) is 4.29. The number of carboxylic acids is 2. The third-order valence-corrected chi connectivity index (χ3v) is 3.44. The average molecular weight is 203 g/mol. The monoisotopic (exact) mass is 203 g/mol. The van der Waals surface area contributed by atoms with Gasteiger partial charge in [0.15, 0.2) is 0 Å². The maximum atomic E-state index is 13.6. The number of rotatable bonds is 2. The van der Waals surface area contributed by atoms with Crippen molar-refractivity contribution in [2.45, 2.75) is 24.0 Å². The zero-order chi connectivity index (χ0) is 10.7. The van der Waals surface area contributed by atoms with Gasteiger partial charge in [0.1, 0.15) is 5.54 Å². The summed E-state index contributed by atoms with van der Waals surface area (Å²) in [4.78, 5) is 21.4. The molecule has 4 N–H and O–H groups in total. The van der Waals surface area contributed by atoms with Gasteiger partial charge in [-0.05, 0) is 12.8 Å². The Balaban J connectivity index is 2.31. The molecule has 0 aromatic carbocycles. The molecule has 2 aliphatic rings. The zero-order valence-corrected chi connectivity index (χ0v) is 7.24. The van der Waals surface area contributed by atoms with Crippen LogP contribution in [-0.4, -0.2) is 33.4 Å². The van der Waals surface area contributed by atoms with Gasteiger partial charge in [-0.1, -0.05) is 0 Å². The molecule has 0 bridgehead atoms. The Kier molecular flexibility index (Phi) is 1.51. The molecule has 0 aromatic rings. The molecular weight excluding hydrogens is 193 g/mol. The zero-order valence-electron chi connectivity index (χ0n) is 7.24. The van der Waals surface area contributed by atoms with Gasteiger partial charge >= 0.3 is 11.9 Å². The van der Waals surface area contributed by atoms with Crippen molar-refractivity contribution in [3.63, 3.8) is 0 Å². The summed E-state index contributed by atoms with van der Waals surface area (Å²) in [6.45, 7) is 0. The number of hydrogen-bond donors (Lipinski definition) is 3. The fourth-order valence-electron chi connectivity index (χ4n) is 2.62. The molecule has 0 radical (unpaired) electrons. The Morgan fingerprint density at radius 1 is 1.36 bits per heavy atom. The lowest BCUT2D eigenvalue weighted by Gasteiger charge is -2.22. The number of fused-ring (bicyclic) bond motifs is 1. The fraction of sp³-hybridized carbons (Fsp3) is 0.750. The number of halogens is 1. The van der Waals surface area contributed by atoms with Gasteiger partial charge in [0, 0.05) is 11.8 Å². The molecule has 78 valence electrons. The molecule has 2 fully saturated rings. The number of carboxylic acid groups (broad SMARTS) is 2. The summed E-state index contributed by atoms with van der Waals surface area (Å²) in [5, 5.41) is 17.4. The fourth-order valence-corrected chi connectivity index (χ4v) is 2.62. The Hall–Kier alpha value is -1.17. The number of hydrogen-bond acceptors (Lipinski definition) is 3. The molecule has 2 saturated carbocycles. The first kappa shape index (κ1) is 9.39. The lowest BCUT2D eigenvalue weighted by molar-refractivity contribution is -0.149. The topological polar surface area (TPSA) is 101 Å². The van der Waals surface area contributed by atoms with E-state index in [0.717, 1.165) is 0 Å². The predicted molar refractivity (Wildman–Crippen MR) is 42.2 cm³/mol. The molecule has 6 heteroatoms. The lowest BCUT2D eigenvalue weighted by Crippen LogP contribution is -2.51. The standard InChI is InChI=1S/C8H10FNO4/c9-8(6(13)14)3-1-2-7(10,4(3)8)5(11)12/h3-4H,1-2,10H2,(H,11,12)(H,13,14)/t3-,4-,7+,8-/m0/s1. The first-order valence-corrected chi connectivity index (χ1v) is 4.29. The van der Waals surface area contributed by atoms with Crippen LogP contribution in [0, 0.1) is 11.8 Å². The predicted octanol–water partition coefficient (Wildman–Crippen LogP) is -0.399. The van der Waals surface area contributed by atoms with Gasteiger partial charge in [0.05, 0.1) is 0 Å². The normalized spacial score (nSPS) is 49.9. The minimum Gasteiger partial charge on any atom is -0.480 e. The Bertz CT molecular complexity index is 333. The molecule has 0 heterocycles. The van der Waals surface area contributed by atoms with Gasteiger partial charge in [0.25, 0.3) is 0 Å². The number of carbonyl (C=O) groups is 2. The van der Waals surface area contributed by atoms with Crippen LogP contribution in [0.2, 0.25) is 0 Å². The smallest absolute Gasteiger partial charge is 0.342 e. The Labute approximate surface area is 78.7 Å². The second kappa shape index (κ2) is 2.25. The SMILES string of the molecule is N[C@]1(C(=O)O)CC[C@H]2[C@@H]1[C@]2(F)C(=O)O. The molecule has 4 atom stereocenters. The minimum atomic E-state index is -2.41. The van der Waals surface area contributed by atoms with E-state index in [2.05, 4.69) is 0 Å². The maximum Gasteiger partial charge on any atom is 0.342 e. The molecule has 0 unspecified atom stereocenters. The molecule has 2 aliphatic carbocycles. The molecule has 0 aromatic heterocycles. The summed E-state index contributed by atoms with van der Waals surface area (Å²) >= 11 is 0. The number of nitrogens with two attached hydrogens (primary N) is 1. The quantitative estimate of drug-likeness (QED) is 0.567. The van der Waals surface area contributed by atoms with Crippen LogP contribution in [0.1, 0.15) is 12.8 Å². The van der Waals surface area contributed by atoms with Gasteiger partial charge in [-0.25, -0.2) is 9.18 Å². The van der Waals surface area contributed by atoms with Crippen molar-refractivity contribution in [1.29, 1.82) is 0 Å². The van der Waals surface area contributed by atoms with Crippen LogP contribution in [0.3, 0.4) is 0 Å². The summed E-state index contributed by atoms with van der Waals surface area (Å²) in [5.74, 6) is -4.69. The van der Waals surface area contributed by atoms with Crippen LogP contribution < -0.4 is 5.73 Å². The third kappa shape index (κ3) is 0.771. The van der Waals surface area contributed by atoms with E-state index in [4.69, 9.17) is 15.9 Å². The lowest BCUT2D eigenvalue weighted by atomic mass is 9.91. The second-order valence-electron chi connectivity index (χ2n) is 4.04. The van der Waals surface area contributed by atoms with E-state index < -0.39 is 35.0 Å². The molecule has 0 spiro atoms. The molecule has 0 amide bonds. The third-order valence-electron chi connectivity index (χ3n) is 3.44. The summed E-state index contributed by atoms with van der Waals surface area (Å²) in [6.07, 6.45) is 0.382. The van der Waals surface area contributed by atoms with E-state index in [1.165, 1.54) is 0 Å². The second-order valence-corrected chi connectivity index (χ2v) is 4.04. The maximum absolute atomic E-state index is 13.6. The number of aliphatic carboxylic acids is 2. The van der Waals surface area contributed by atoms with E-state index in [1.807, 2.05) is 0 Å². The van der Waals surface area contributed by atoms with Gasteiger partial charge < -0.3 is 15.9 Å². The van der Waals surface area contributed by atoms with Crippen LogP contribution in [0.15, 0.2) is 0 Å². The van der Waals surface area contributed by atoms with Crippen LogP contribution >= 0.6 is 0 Å². The van der Waals surface area contributed by atoms with E-state index in [-0.39, 0.29) is 12.8 Å². The number of alkyl halides is 1. The van der Waals surface area contributed by atoms with E-state index in [9.17, 15) is 14.0 Å². The summed E-state index contributed by atoms with van der Waals surface area (Å²) < 4.78 is 13.6.